The number of unbranched alkanes of at least 4 members (excludes halogenated alkanes) is 4. The minimum absolute atomic E-state index is 0. The molecule has 0 saturated carbocycles. The first-order valence-electron chi connectivity index (χ1n) is 13.5. The highest BCUT2D eigenvalue weighted by atomic mass is 35.5. The highest BCUT2D eigenvalue weighted by Crippen LogP contribution is 1.99. The fraction of sp³-hybridized carbons (Fsp3) is 0.833. The van der Waals surface area contributed by atoms with Crippen molar-refractivity contribution in [1.82, 2.24) is 0 Å². The van der Waals surface area contributed by atoms with Gasteiger partial charge in [-0.05, 0) is 77.5 Å². The van der Waals surface area contributed by atoms with Crippen LogP contribution < -0.4 is 45.9 Å². The van der Waals surface area contributed by atoms with Crippen LogP contribution in [0.3, 0.4) is 0 Å². The maximum absolute atomic E-state index is 10.1. The first kappa shape index (κ1) is 52.8. The monoisotopic (exact) mass is 656 g/mol. The van der Waals surface area contributed by atoms with Gasteiger partial charge in [-0.1, -0.05) is 25.7 Å². The van der Waals surface area contributed by atoms with E-state index in [0.717, 1.165) is 51.4 Å². The number of halogens is 2. The predicted octanol–water partition coefficient (Wildman–Crippen LogP) is -1.05. The molecule has 42 heavy (non-hydrogen) atoms. The standard InChI is InChI=1S/4C6H14N2O2.2ClH/c4*7-4-2-1-3-5(8)6(9)10;;/h4*5H,1-4,7-8H2,(H,9,10);2*1H/t4*5-;;/m0000../s1. The molecule has 0 rings (SSSR count). The Kier molecular flexibility index (Phi) is 49.2. The molecule has 4 atom stereocenters. The third-order valence-corrected chi connectivity index (χ3v) is 5.15. The summed E-state index contributed by atoms with van der Waals surface area (Å²) in [6.07, 6.45) is 8.66. The number of hydrogen-bond donors (Lipinski definition) is 12. The Bertz CT molecular complexity index is 539. The number of hydrogen-bond acceptors (Lipinski definition) is 12. The molecule has 0 heterocycles. The second-order valence-corrected chi connectivity index (χ2v) is 8.92. The zero-order chi connectivity index (χ0) is 31.9. The molecule has 0 aromatic rings. The van der Waals surface area contributed by atoms with E-state index in [1.165, 1.54) is 0 Å². The summed E-state index contributed by atoms with van der Waals surface area (Å²) in [5, 5.41) is 33.3. The molecule has 20 N–H and O–H groups in total. The zero-order valence-electron chi connectivity index (χ0n) is 24.5. The molecule has 0 amide bonds. The Morgan fingerprint density at radius 2 is 0.524 bits per heavy atom. The van der Waals surface area contributed by atoms with Crippen LogP contribution in [0.1, 0.15) is 77.0 Å². The first-order valence-corrected chi connectivity index (χ1v) is 13.5. The predicted molar refractivity (Wildman–Crippen MR) is 169 cm³/mol. The number of rotatable bonds is 20. The largest absolute Gasteiger partial charge is 0.480 e. The summed E-state index contributed by atoms with van der Waals surface area (Å²) in [6.45, 7) is 2.41. The summed E-state index contributed by atoms with van der Waals surface area (Å²) in [5.41, 5.74) is 41.7. The summed E-state index contributed by atoms with van der Waals surface area (Å²) in [5.74, 6) is -3.73. The Morgan fingerprint density at radius 3 is 0.619 bits per heavy atom. The van der Waals surface area contributed by atoms with Crippen molar-refractivity contribution >= 4 is 48.7 Å². The van der Waals surface area contributed by atoms with E-state index in [1.54, 1.807) is 0 Å². The normalized spacial score (nSPS) is 12.4. The Morgan fingerprint density at radius 1 is 0.381 bits per heavy atom. The highest BCUT2D eigenvalue weighted by molar-refractivity contribution is 5.85. The molecule has 0 aromatic carbocycles. The van der Waals surface area contributed by atoms with Crippen molar-refractivity contribution in [3.05, 3.63) is 0 Å². The fourth-order valence-electron chi connectivity index (χ4n) is 2.53. The second-order valence-electron chi connectivity index (χ2n) is 8.92. The molecule has 256 valence electrons. The van der Waals surface area contributed by atoms with Gasteiger partial charge in [0.25, 0.3) is 0 Å². The summed E-state index contributed by atoms with van der Waals surface area (Å²) in [4.78, 5) is 40.5. The molecule has 0 fully saturated rings. The number of carboxylic acids is 4. The van der Waals surface area contributed by atoms with Crippen molar-refractivity contribution in [2.24, 2.45) is 45.9 Å². The van der Waals surface area contributed by atoms with Crippen LogP contribution in [0.4, 0.5) is 0 Å². The average Bonchev–Trinajstić information content (AvgIpc) is 2.89. The smallest absolute Gasteiger partial charge is 0.320 e. The molecule has 0 radical (unpaired) electrons. The van der Waals surface area contributed by atoms with Crippen LogP contribution in [0, 0.1) is 0 Å². The molecule has 0 unspecified atom stereocenters. The number of aliphatic carboxylic acids is 4. The molecule has 0 bridgehead atoms. The fourth-order valence-corrected chi connectivity index (χ4v) is 2.53. The van der Waals surface area contributed by atoms with Gasteiger partial charge in [0.05, 0.1) is 0 Å². The number of carboxylic acid groups (broad SMARTS) is 4. The van der Waals surface area contributed by atoms with E-state index < -0.39 is 48.0 Å². The SMILES string of the molecule is Cl.Cl.NCCCC[C@H](N)C(=O)O.NCCCC[C@H](N)C(=O)O.NCCCC[C@H](N)C(=O)O.NCCCC[C@H](N)C(=O)O. The molecule has 0 aliphatic rings. The number of nitrogens with two attached hydrogens (primary N) is 8. The first-order chi connectivity index (χ1) is 18.7. The molecular weight excluding hydrogens is 599 g/mol. The third-order valence-electron chi connectivity index (χ3n) is 5.15. The number of carbonyl (C=O) groups is 4. The summed E-state index contributed by atoms with van der Waals surface area (Å²) in [7, 11) is 0. The van der Waals surface area contributed by atoms with Crippen LogP contribution in [0.2, 0.25) is 0 Å². The molecule has 0 saturated heterocycles. The van der Waals surface area contributed by atoms with E-state index >= 15 is 0 Å². The maximum Gasteiger partial charge on any atom is 0.320 e. The van der Waals surface area contributed by atoms with E-state index in [9.17, 15) is 19.2 Å². The zero-order valence-corrected chi connectivity index (χ0v) is 26.1. The Hall–Kier alpha value is -1.86. The van der Waals surface area contributed by atoms with Crippen LogP contribution in [0.5, 0.6) is 0 Å². The summed E-state index contributed by atoms with van der Waals surface area (Å²) in [6, 6.07) is -2.86. The second kappa shape index (κ2) is 39.1. The van der Waals surface area contributed by atoms with E-state index in [-0.39, 0.29) is 24.8 Å². The van der Waals surface area contributed by atoms with Crippen LogP contribution >= 0.6 is 24.8 Å². The van der Waals surface area contributed by atoms with Crippen molar-refractivity contribution in [3.8, 4) is 0 Å². The minimum atomic E-state index is -0.933. The van der Waals surface area contributed by atoms with Gasteiger partial charge in [-0.25, -0.2) is 0 Å². The van der Waals surface area contributed by atoms with Gasteiger partial charge in [0.2, 0.25) is 0 Å². The third kappa shape index (κ3) is 45.1. The van der Waals surface area contributed by atoms with Gasteiger partial charge in [-0.15, -0.1) is 24.8 Å². The topological polar surface area (TPSA) is 357 Å². The van der Waals surface area contributed by atoms with Crippen molar-refractivity contribution in [1.29, 1.82) is 0 Å². The van der Waals surface area contributed by atoms with Crippen molar-refractivity contribution < 1.29 is 39.6 Å². The lowest BCUT2D eigenvalue weighted by Gasteiger charge is -2.03. The van der Waals surface area contributed by atoms with E-state index in [0.29, 0.717) is 51.9 Å². The molecular formula is C24H58Cl2N8O8. The molecule has 0 aliphatic carbocycles. The van der Waals surface area contributed by atoms with Gasteiger partial charge in [0.1, 0.15) is 24.2 Å². The molecule has 16 nitrogen and oxygen atoms in total. The molecule has 18 heteroatoms. The Balaban J connectivity index is -0.000000101. The van der Waals surface area contributed by atoms with Crippen LogP contribution in [-0.4, -0.2) is 94.6 Å². The van der Waals surface area contributed by atoms with Gasteiger partial charge in [0.15, 0.2) is 0 Å². The van der Waals surface area contributed by atoms with Gasteiger partial charge in [-0.2, -0.15) is 0 Å². The minimum Gasteiger partial charge on any atom is -0.480 e. The van der Waals surface area contributed by atoms with E-state index in [2.05, 4.69) is 0 Å². The summed E-state index contributed by atoms with van der Waals surface area (Å²) < 4.78 is 0. The van der Waals surface area contributed by atoms with Crippen LogP contribution in [-0.2, 0) is 19.2 Å². The van der Waals surface area contributed by atoms with Gasteiger partial charge in [-0.3, -0.25) is 19.2 Å². The quantitative estimate of drug-likeness (QED) is 0.0695. The van der Waals surface area contributed by atoms with Crippen molar-refractivity contribution in [2.75, 3.05) is 26.2 Å². The average molecular weight is 658 g/mol. The van der Waals surface area contributed by atoms with Gasteiger partial charge >= 0.3 is 23.9 Å². The lowest BCUT2D eigenvalue weighted by atomic mass is 10.1. The Labute approximate surface area is 261 Å². The summed E-state index contributed by atoms with van der Waals surface area (Å²) >= 11 is 0. The van der Waals surface area contributed by atoms with Gasteiger partial charge in [0, 0.05) is 0 Å². The molecule has 0 spiro atoms. The van der Waals surface area contributed by atoms with E-state index in [1.807, 2.05) is 0 Å². The van der Waals surface area contributed by atoms with Crippen LogP contribution in [0.25, 0.3) is 0 Å². The lowest BCUT2D eigenvalue weighted by molar-refractivity contribution is -0.139. The lowest BCUT2D eigenvalue weighted by Crippen LogP contribution is -2.29. The van der Waals surface area contributed by atoms with E-state index in [4.69, 9.17) is 66.3 Å². The van der Waals surface area contributed by atoms with Crippen molar-refractivity contribution in [2.45, 2.75) is 101 Å². The van der Waals surface area contributed by atoms with Crippen molar-refractivity contribution in [3.63, 3.8) is 0 Å². The molecule has 0 aromatic heterocycles. The maximum atomic E-state index is 10.1. The van der Waals surface area contributed by atoms with Crippen LogP contribution in [0.15, 0.2) is 0 Å². The highest BCUT2D eigenvalue weighted by Gasteiger charge is 2.11. The molecule has 0 aliphatic heterocycles. The van der Waals surface area contributed by atoms with Gasteiger partial charge < -0.3 is 66.3 Å².